The molecule has 1 fully saturated rings. The molecule has 0 spiro atoms. The van der Waals surface area contributed by atoms with Crippen molar-refractivity contribution in [3.05, 3.63) is 23.4 Å². The van der Waals surface area contributed by atoms with Crippen LogP contribution in [-0.4, -0.2) is 40.3 Å². The van der Waals surface area contributed by atoms with Crippen LogP contribution in [0.25, 0.3) is 0 Å². The Morgan fingerprint density at radius 3 is 2.89 bits per heavy atom. The number of aliphatic hydroxyl groups excluding tert-OH is 2. The lowest BCUT2D eigenvalue weighted by Gasteiger charge is -2.18. The van der Waals surface area contributed by atoms with Crippen LogP contribution in [0, 0.1) is 12.8 Å². The standard InChI is InChI=1S/C13H19N3O3/c1-8-2-9(7-17)3-13(15-8)16-5-10(4-12(14)19)11(18)6-16/h2-3,10-11,17-18H,4-7H2,1H3,(H2,14,19)/t10-,11-/m1/s1. The van der Waals surface area contributed by atoms with Crippen LogP contribution < -0.4 is 10.6 Å². The average Bonchev–Trinajstić information content (AvgIpc) is 2.69. The lowest BCUT2D eigenvalue weighted by molar-refractivity contribution is -0.119. The maximum atomic E-state index is 10.9. The number of hydrogen-bond donors (Lipinski definition) is 3. The van der Waals surface area contributed by atoms with Crippen LogP contribution in [0.15, 0.2) is 12.1 Å². The molecule has 1 aromatic rings. The van der Waals surface area contributed by atoms with E-state index in [0.717, 1.165) is 17.1 Å². The van der Waals surface area contributed by atoms with Gasteiger partial charge in [0.1, 0.15) is 5.82 Å². The van der Waals surface area contributed by atoms with Crippen LogP contribution in [0.2, 0.25) is 0 Å². The first-order valence-electron chi connectivity index (χ1n) is 6.29. The Labute approximate surface area is 111 Å². The Morgan fingerprint density at radius 1 is 1.53 bits per heavy atom. The van der Waals surface area contributed by atoms with Crippen LogP contribution >= 0.6 is 0 Å². The summed E-state index contributed by atoms with van der Waals surface area (Å²) in [6, 6.07) is 3.61. The minimum atomic E-state index is -0.576. The molecule has 19 heavy (non-hydrogen) atoms. The van der Waals surface area contributed by atoms with Gasteiger partial charge in [-0.15, -0.1) is 0 Å². The van der Waals surface area contributed by atoms with Crippen LogP contribution in [0.3, 0.4) is 0 Å². The fourth-order valence-corrected chi connectivity index (χ4v) is 2.47. The molecule has 4 N–H and O–H groups in total. The Balaban J connectivity index is 2.15. The predicted molar refractivity (Wildman–Crippen MR) is 70.4 cm³/mol. The number of nitrogens with zero attached hydrogens (tertiary/aromatic N) is 2. The van der Waals surface area contributed by atoms with Gasteiger partial charge >= 0.3 is 0 Å². The summed E-state index contributed by atoms with van der Waals surface area (Å²) in [5, 5.41) is 19.1. The molecule has 0 radical (unpaired) electrons. The van der Waals surface area contributed by atoms with Crippen molar-refractivity contribution in [1.82, 2.24) is 4.98 Å². The van der Waals surface area contributed by atoms with Gasteiger partial charge in [-0.1, -0.05) is 0 Å². The van der Waals surface area contributed by atoms with E-state index in [0.29, 0.717) is 13.1 Å². The molecule has 1 aliphatic rings. The lowest BCUT2D eigenvalue weighted by atomic mass is 10.0. The van der Waals surface area contributed by atoms with E-state index in [-0.39, 0.29) is 18.9 Å². The summed E-state index contributed by atoms with van der Waals surface area (Å²) >= 11 is 0. The zero-order valence-corrected chi connectivity index (χ0v) is 10.9. The second-order valence-corrected chi connectivity index (χ2v) is 5.04. The molecule has 1 aromatic heterocycles. The number of nitrogens with two attached hydrogens (primary N) is 1. The molecule has 2 atom stereocenters. The number of aromatic nitrogens is 1. The molecule has 0 aliphatic carbocycles. The maximum Gasteiger partial charge on any atom is 0.217 e. The fourth-order valence-electron chi connectivity index (χ4n) is 2.47. The van der Waals surface area contributed by atoms with Gasteiger partial charge in [-0.3, -0.25) is 4.79 Å². The van der Waals surface area contributed by atoms with Crippen LogP contribution in [0.4, 0.5) is 5.82 Å². The van der Waals surface area contributed by atoms with Crippen molar-refractivity contribution in [3.63, 3.8) is 0 Å². The highest BCUT2D eigenvalue weighted by Gasteiger charge is 2.33. The molecule has 1 amide bonds. The van der Waals surface area contributed by atoms with Crippen molar-refractivity contribution in [2.24, 2.45) is 11.7 Å². The van der Waals surface area contributed by atoms with E-state index < -0.39 is 12.0 Å². The quantitative estimate of drug-likeness (QED) is 0.685. The average molecular weight is 265 g/mol. The van der Waals surface area contributed by atoms with Crippen molar-refractivity contribution in [2.45, 2.75) is 26.1 Å². The zero-order valence-electron chi connectivity index (χ0n) is 10.9. The Bertz CT molecular complexity index is 478. The highest BCUT2D eigenvalue weighted by atomic mass is 16.3. The predicted octanol–water partition coefficient (Wildman–Crippen LogP) is -0.445. The first-order chi connectivity index (χ1) is 8.99. The van der Waals surface area contributed by atoms with Crippen LogP contribution in [0.1, 0.15) is 17.7 Å². The van der Waals surface area contributed by atoms with Crippen molar-refractivity contribution < 1.29 is 15.0 Å². The van der Waals surface area contributed by atoms with Crippen molar-refractivity contribution in [1.29, 1.82) is 0 Å². The number of amides is 1. The van der Waals surface area contributed by atoms with Crippen LogP contribution in [-0.2, 0) is 11.4 Å². The third-order valence-electron chi connectivity index (χ3n) is 3.38. The SMILES string of the molecule is Cc1cc(CO)cc(N2C[C@@H](CC(N)=O)[C@H](O)C2)n1. The van der Waals surface area contributed by atoms with E-state index in [2.05, 4.69) is 4.98 Å². The Kier molecular flexibility index (Phi) is 4.01. The Hall–Kier alpha value is -1.66. The van der Waals surface area contributed by atoms with Gasteiger partial charge in [-0.25, -0.2) is 4.98 Å². The third-order valence-corrected chi connectivity index (χ3v) is 3.38. The summed E-state index contributed by atoms with van der Waals surface area (Å²) in [7, 11) is 0. The molecule has 0 unspecified atom stereocenters. The van der Waals surface area contributed by atoms with E-state index in [1.165, 1.54) is 0 Å². The minimum Gasteiger partial charge on any atom is -0.392 e. The van der Waals surface area contributed by atoms with E-state index in [4.69, 9.17) is 5.73 Å². The van der Waals surface area contributed by atoms with Crippen molar-refractivity contribution >= 4 is 11.7 Å². The summed E-state index contributed by atoms with van der Waals surface area (Å²) in [4.78, 5) is 17.3. The largest absolute Gasteiger partial charge is 0.392 e. The molecule has 6 heteroatoms. The second-order valence-electron chi connectivity index (χ2n) is 5.04. The van der Waals surface area contributed by atoms with Gasteiger partial charge in [0, 0.05) is 31.1 Å². The Morgan fingerprint density at radius 2 is 2.26 bits per heavy atom. The van der Waals surface area contributed by atoms with Gasteiger partial charge in [0.25, 0.3) is 0 Å². The summed E-state index contributed by atoms with van der Waals surface area (Å²) in [6.07, 6.45) is -0.400. The molecular formula is C13H19N3O3. The summed E-state index contributed by atoms with van der Waals surface area (Å²) < 4.78 is 0. The normalized spacial score (nSPS) is 22.8. The molecular weight excluding hydrogens is 246 g/mol. The number of carbonyl (C=O) groups excluding carboxylic acids is 1. The number of β-amino-alcohol motifs (C(OH)–C–C–N with tert-alkyl or cyclic N) is 1. The number of pyridine rings is 1. The zero-order chi connectivity index (χ0) is 14.0. The summed E-state index contributed by atoms with van der Waals surface area (Å²) in [5.74, 6) is 0.159. The molecule has 0 aromatic carbocycles. The molecule has 0 saturated carbocycles. The topological polar surface area (TPSA) is 99.7 Å². The monoisotopic (exact) mass is 265 g/mol. The van der Waals surface area contributed by atoms with E-state index in [9.17, 15) is 15.0 Å². The number of anilines is 1. The molecule has 6 nitrogen and oxygen atoms in total. The molecule has 1 aliphatic heterocycles. The number of rotatable bonds is 4. The second kappa shape index (κ2) is 5.54. The van der Waals surface area contributed by atoms with E-state index in [1.54, 1.807) is 6.07 Å². The van der Waals surface area contributed by atoms with Crippen LogP contribution in [0.5, 0.6) is 0 Å². The van der Waals surface area contributed by atoms with Gasteiger partial charge in [-0.05, 0) is 24.6 Å². The van der Waals surface area contributed by atoms with Gasteiger partial charge < -0.3 is 20.8 Å². The molecule has 104 valence electrons. The van der Waals surface area contributed by atoms with Gasteiger partial charge in [-0.2, -0.15) is 0 Å². The highest BCUT2D eigenvalue weighted by molar-refractivity contribution is 5.74. The number of hydrogen-bond acceptors (Lipinski definition) is 5. The first-order valence-corrected chi connectivity index (χ1v) is 6.29. The summed E-state index contributed by atoms with van der Waals surface area (Å²) in [6.45, 7) is 2.79. The van der Waals surface area contributed by atoms with Crippen molar-refractivity contribution in [2.75, 3.05) is 18.0 Å². The smallest absolute Gasteiger partial charge is 0.217 e. The number of aryl methyl sites for hydroxylation is 1. The van der Waals surface area contributed by atoms with E-state index in [1.807, 2.05) is 17.9 Å². The number of carbonyl (C=O) groups is 1. The number of primary amides is 1. The maximum absolute atomic E-state index is 10.9. The first kappa shape index (κ1) is 13.8. The third kappa shape index (κ3) is 3.21. The minimum absolute atomic E-state index is 0.0442. The fraction of sp³-hybridized carbons (Fsp3) is 0.538. The number of aliphatic hydroxyl groups is 2. The molecule has 2 rings (SSSR count). The van der Waals surface area contributed by atoms with Crippen molar-refractivity contribution in [3.8, 4) is 0 Å². The highest BCUT2D eigenvalue weighted by Crippen LogP contribution is 2.25. The van der Waals surface area contributed by atoms with Gasteiger partial charge in [0.2, 0.25) is 5.91 Å². The lowest BCUT2D eigenvalue weighted by Crippen LogP contribution is -2.24. The summed E-state index contributed by atoms with van der Waals surface area (Å²) in [5.41, 5.74) is 6.77. The van der Waals surface area contributed by atoms with Gasteiger partial charge in [0.05, 0.1) is 12.7 Å². The van der Waals surface area contributed by atoms with Gasteiger partial charge in [0.15, 0.2) is 0 Å². The van der Waals surface area contributed by atoms with E-state index >= 15 is 0 Å². The molecule has 0 bridgehead atoms. The molecule has 2 heterocycles. The molecule has 1 saturated heterocycles.